The lowest BCUT2D eigenvalue weighted by Crippen LogP contribution is -2.46. The van der Waals surface area contributed by atoms with E-state index in [1.807, 2.05) is 23.1 Å². The van der Waals surface area contributed by atoms with E-state index in [9.17, 15) is 9.90 Å². The number of amides is 1. The highest BCUT2D eigenvalue weighted by Crippen LogP contribution is 2.33. The zero-order chi connectivity index (χ0) is 14.8. The van der Waals surface area contributed by atoms with Crippen LogP contribution < -0.4 is 5.32 Å². The Labute approximate surface area is 120 Å². The highest BCUT2D eigenvalue weighted by Gasteiger charge is 2.22. The number of rotatable bonds is 2. The smallest absolute Gasteiger partial charge is 0.227 e. The zero-order valence-corrected chi connectivity index (χ0v) is 12.6. The molecule has 4 nitrogen and oxygen atoms in total. The summed E-state index contributed by atoms with van der Waals surface area (Å²) in [6.07, 6.45) is 0.274. The minimum Gasteiger partial charge on any atom is -0.507 e. The molecule has 20 heavy (non-hydrogen) atoms. The number of phenols is 1. The third-order valence-electron chi connectivity index (χ3n) is 3.74. The SMILES string of the molecule is CC(C)(C)c1cccc(CC(=O)N2CCNCC2)c1O. The van der Waals surface area contributed by atoms with Gasteiger partial charge in [0.1, 0.15) is 5.75 Å². The molecule has 1 amide bonds. The van der Waals surface area contributed by atoms with Gasteiger partial charge in [-0.1, -0.05) is 39.0 Å². The third-order valence-corrected chi connectivity index (χ3v) is 3.74. The Morgan fingerprint density at radius 1 is 1.30 bits per heavy atom. The fourth-order valence-electron chi connectivity index (χ4n) is 2.53. The van der Waals surface area contributed by atoms with Crippen LogP contribution in [-0.2, 0) is 16.6 Å². The second kappa shape index (κ2) is 5.83. The number of piperazine rings is 1. The Kier molecular flexibility index (Phi) is 4.33. The molecule has 0 unspecified atom stereocenters. The number of carbonyl (C=O) groups is 1. The second-order valence-electron chi connectivity index (χ2n) is 6.37. The highest BCUT2D eigenvalue weighted by molar-refractivity contribution is 5.79. The molecule has 0 spiro atoms. The summed E-state index contributed by atoms with van der Waals surface area (Å²) in [5, 5.41) is 13.6. The van der Waals surface area contributed by atoms with E-state index in [0.717, 1.165) is 37.3 Å². The number of nitrogens with zero attached hydrogens (tertiary/aromatic N) is 1. The predicted molar refractivity (Wildman–Crippen MR) is 80.0 cm³/mol. The van der Waals surface area contributed by atoms with Crippen LogP contribution in [0.1, 0.15) is 31.9 Å². The zero-order valence-electron chi connectivity index (χ0n) is 12.6. The second-order valence-corrected chi connectivity index (χ2v) is 6.37. The maximum atomic E-state index is 12.3. The van der Waals surface area contributed by atoms with E-state index in [4.69, 9.17) is 0 Å². The molecular formula is C16H24N2O2. The van der Waals surface area contributed by atoms with Crippen molar-refractivity contribution in [1.82, 2.24) is 10.2 Å². The first-order valence-corrected chi connectivity index (χ1v) is 7.19. The van der Waals surface area contributed by atoms with Crippen LogP contribution in [0.2, 0.25) is 0 Å². The van der Waals surface area contributed by atoms with Crippen molar-refractivity contribution < 1.29 is 9.90 Å². The van der Waals surface area contributed by atoms with Gasteiger partial charge < -0.3 is 15.3 Å². The van der Waals surface area contributed by atoms with Crippen LogP contribution >= 0.6 is 0 Å². The average Bonchev–Trinajstić information content (AvgIpc) is 2.40. The van der Waals surface area contributed by atoms with Crippen molar-refractivity contribution in [3.63, 3.8) is 0 Å². The van der Waals surface area contributed by atoms with Gasteiger partial charge >= 0.3 is 0 Å². The summed E-state index contributed by atoms with van der Waals surface area (Å²) in [4.78, 5) is 14.1. The molecule has 0 saturated carbocycles. The lowest BCUT2D eigenvalue weighted by atomic mass is 9.85. The Morgan fingerprint density at radius 3 is 2.55 bits per heavy atom. The molecule has 1 aliphatic heterocycles. The van der Waals surface area contributed by atoms with Crippen LogP contribution in [0.5, 0.6) is 5.75 Å². The molecule has 0 aliphatic carbocycles. The van der Waals surface area contributed by atoms with Crippen molar-refractivity contribution in [2.75, 3.05) is 26.2 Å². The minimum atomic E-state index is -0.127. The summed E-state index contributed by atoms with van der Waals surface area (Å²) in [5.74, 6) is 0.358. The fourth-order valence-corrected chi connectivity index (χ4v) is 2.53. The third kappa shape index (κ3) is 3.31. The summed E-state index contributed by atoms with van der Waals surface area (Å²) in [5.41, 5.74) is 1.49. The van der Waals surface area contributed by atoms with Crippen LogP contribution in [0.25, 0.3) is 0 Å². The molecule has 0 aromatic heterocycles. The molecule has 0 radical (unpaired) electrons. The Bertz CT molecular complexity index is 486. The summed E-state index contributed by atoms with van der Waals surface area (Å²) in [7, 11) is 0. The Balaban J connectivity index is 2.15. The number of hydrogen-bond donors (Lipinski definition) is 2. The van der Waals surface area contributed by atoms with Crippen molar-refractivity contribution in [2.24, 2.45) is 0 Å². The van der Waals surface area contributed by atoms with Gasteiger partial charge in [-0.05, 0) is 11.0 Å². The number of nitrogens with one attached hydrogen (secondary N) is 1. The van der Waals surface area contributed by atoms with Crippen LogP contribution in [0.4, 0.5) is 0 Å². The van der Waals surface area contributed by atoms with E-state index in [-0.39, 0.29) is 23.5 Å². The van der Waals surface area contributed by atoms with Crippen molar-refractivity contribution >= 4 is 5.91 Å². The van der Waals surface area contributed by atoms with E-state index < -0.39 is 0 Å². The molecule has 0 atom stereocenters. The minimum absolute atomic E-state index is 0.0906. The van der Waals surface area contributed by atoms with Gasteiger partial charge in [0.2, 0.25) is 5.91 Å². The molecule has 1 aromatic rings. The maximum absolute atomic E-state index is 12.3. The number of aromatic hydroxyl groups is 1. The lowest BCUT2D eigenvalue weighted by molar-refractivity contribution is -0.131. The number of phenolic OH excluding ortho intramolecular Hbond substituents is 1. The molecule has 2 N–H and O–H groups in total. The molecule has 0 bridgehead atoms. The van der Waals surface area contributed by atoms with Gasteiger partial charge in [0.15, 0.2) is 0 Å². The van der Waals surface area contributed by atoms with Gasteiger partial charge in [-0.3, -0.25) is 4.79 Å². The van der Waals surface area contributed by atoms with Crippen LogP contribution in [-0.4, -0.2) is 42.1 Å². The van der Waals surface area contributed by atoms with Gasteiger partial charge in [0.25, 0.3) is 0 Å². The molecule has 1 saturated heterocycles. The quantitative estimate of drug-likeness (QED) is 0.864. The van der Waals surface area contributed by atoms with Crippen LogP contribution in [0.3, 0.4) is 0 Å². The Hall–Kier alpha value is -1.55. The summed E-state index contributed by atoms with van der Waals surface area (Å²) in [6, 6.07) is 5.68. The summed E-state index contributed by atoms with van der Waals surface area (Å²) < 4.78 is 0. The number of para-hydroxylation sites is 1. The van der Waals surface area contributed by atoms with E-state index >= 15 is 0 Å². The van der Waals surface area contributed by atoms with E-state index in [1.54, 1.807) is 0 Å². The molecule has 110 valence electrons. The first kappa shape index (κ1) is 14.9. The van der Waals surface area contributed by atoms with Crippen LogP contribution in [0, 0.1) is 0 Å². The van der Waals surface area contributed by atoms with Gasteiger partial charge in [0, 0.05) is 31.7 Å². The predicted octanol–water partition coefficient (Wildman–Crippen LogP) is 1.66. The molecule has 4 heteroatoms. The summed E-state index contributed by atoms with van der Waals surface area (Å²) >= 11 is 0. The van der Waals surface area contributed by atoms with Crippen molar-refractivity contribution in [2.45, 2.75) is 32.6 Å². The molecular weight excluding hydrogens is 252 g/mol. The largest absolute Gasteiger partial charge is 0.507 e. The topological polar surface area (TPSA) is 52.6 Å². The average molecular weight is 276 g/mol. The molecule has 2 rings (SSSR count). The fraction of sp³-hybridized carbons (Fsp3) is 0.562. The van der Waals surface area contributed by atoms with E-state index in [2.05, 4.69) is 26.1 Å². The summed E-state index contributed by atoms with van der Waals surface area (Å²) in [6.45, 7) is 9.37. The first-order valence-electron chi connectivity index (χ1n) is 7.19. The van der Waals surface area contributed by atoms with Crippen molar-refractivity contribution in [3.05, 3.63) is 29.3 Å². The Morgan fingerprint density at radius 2 is 1.95 bits per heavy atom. The van der Waals surface area contributed by atoms with Crippen molar-refractivity contribution in [3.8, 4) is 5.75 Å². The van der Waals surface area contributed by atoms with Gasteiger partial charge in [-0.25, -0.2) is 0 Å². The molecule has 1 heterocycles. The first-order chi connectivity index (χ1) is 9.39. The van der Waals surface area contributed by atoms with Crippen molar-refractivity contribution in [1.29, 1.82) is 0 Å². The maximum Gasteiger partial charge on any atom is 0.227 e. The standard InChI is InChI=1S/C16H24N2O2/c1-16(2,3)13-6-4-5-12(15(13)20)11-14(19)18-9-7-17-8-10-18/h4-6,17,20H,7-11H2,1-3H3. The van der Waals surface area contributed by atoms with E-state index in [0.29, 0.717) is 0 Å². The molecule has 1 aromatic carbocycles. The molecule has 1 fully saturated rings. The highest BCUT2D eigenvalue weighted by atomic mass is 16.3. The van der Waals surface area contributed by atoms with E-state index in [1.165, 1.54) is 0 Å². The monoisotopic (exact) mass is 276 g/mol. The number of benzene rings is 1. The normalized spacial score (nSPS) is 16.2. The molecule has 1 aliphatic rings. The van der Waals surface area contributed by atoms with Gasteiger partial charge in [-0.15, -0.1) is 0 Å². The number of hydrogen-bond acceptors (Lipinski definition) is 3. The lowest BCUT2D eigenvalue weighted by Gasteiger charge is -2.28. The van der Waals surface area contributed by atoms with Crippen LogP contribution in [0.15, 0.2) is 18.2 Å². The van der Waals surface area contributed by atoms with Gasteiger partial charge in [-0.2, -0.15) is 0 Å². The number of carbonyl (C=O) groups excluding carboxylic acids is 1. The van der Waals surface area contributed by atoms with Gasteiger partial charge in [0.05, 0.1) is 6.42 Å².